The van der Waals surface area contributed by atoms with Crippen molar-refractivity contribution < 1.29 is 14.3 Å². The molecule has 0 saturated heterocycles. The minimum Gasteiger partial charge on any atom is -0.497 e. The van der Waals surface area contributed by atoms with Gasteiger partial charge in [0.25, 0.3) is 0 Å². The van der Waals surface area contributed by atoms with E-state index in [-0.39, 0.29) is 5.78 Å². The van der Waals surface area contributed by atoms with Gasteiger partial charge in [-0.2, -0.15) is 0 Å². The first kappa shape index (κ1) is 14.0. The summed E-state index contributed by atoms with van der Waals surface area (Å²) in [5.41, 5.74) is 1.28. The molecular weight excluding hydrogens is 280 g/mol. The molecule has 0 radical (unpaired) electrons. The molecule has 5 heteroatoms. The van der Waals surface area contributed by atoms with Gasteiger partial charge in [0.15, 0.2) is 5.78 Å². The lowest BCUT2D eigenvalue weighted by Crippen LogP contribution is -2.04. The Morgan fingerprint density at radius 3 is 2.58 bits per heavy atom. The van der Waals surface area contributed by atoms with Crippen molar-refractivity contribution in [3.05, 3.63) is 40.8 Å². The number of hydrogen-bond donors (Lipinski definition) is 0. The summed E-state index contributed by atoms with van der Waals surface area (Å²) in [7, 11) is 3.13. The maximum Gasteiger partial charge on any atom is 0.198 e. The van der Waals surface area contributed by atoms with Crippen LogP contribution in [0.5, 0.6) is 11.5 Å². The Hall–Kier alpha value is -1.46. The van der Waals surface area contributed by atoms with E-state index < -0.39 is 0 Å². The normalized spacial score (nSPS) is 10.3. The second kappa shape index (κ2) is 6.12. The van der Waals surface area contributed by atoms with Crippen LogP contribution in [0, 0.1) is 0 Å². The quantitative estimate of drug-likeness (QED) is 0.622. The molecule has 1 heterocycles. The van der Waals surface area contributed by atoms with E-state index in [9.17, 15) is 4.79 Å². The third-order valence-corrected chi connectivity index (χ3v) is 4.80. The summed E-state index contributed by atoms with van der Waals surface area (Å²) in [6.45, 7) is 0. The van der Waals surface area contributed by atoms with Gasteiger partial charge in [0.2, 0.25) is 0 Å². The third kappa shape index (κ3) is 2.77. The Morgan fingerprint density at radius 1 is 1.16 bits per heavy atom. The fraction of sp³-hybridized carbons (Fsp3) is 0.214. The molecule has 2 aromatic rings. The summed E-state index contributed by atoms with van der Waals surface area (Å²) in [5.74, 6) is 1.18. The molecule has 2 rings (SSSR count). The molecule has 0 unspecified atom stereocenters. The van der Waals surface area contributed by atoms with E-state index in [1.807, 2.05) is 17.7 Å². The number of benzene rings is 1. The third-order valence-electron chi connectivity index (χ3n) is 2.71. The van der Waals surface area contributed by atoms with Crippen molar-refractivity contribution in [3.63, 3.8) is 0 Å². The summed E-state index contributed by atoms with van der Waals surface area (Å²) in [5, 5.41) is 1.93. The number of ether oxygens (including phenoxy) is 2. The van der Waals surface area contributed by atoms with Crippen LogP contribution in [0.2, 0.25) is 0 Å². The summed E-state index contributed by atoms with van der Waals surface area (Å²) >= 11 is 3.15. The summed E-state index contributed by atoms with van der Waals surface area (Å²) < 4.78 is 11.4. The van der Waals surface area contributed by atoms with E-state index in [1.165, 1.54) is 0 Å². The number of carbonyl (C=O) groups is 1. The number of thiophene rings is 1. The SMILES string of the molecule is COc1ccc(C(=O)c2ccsc2SC)c(OC)c1. The van der Waals surface area contributed by atoms with Crippen molar-refractivity contribution in [2.75, 3.05) is 20.5 Å². The lowest BCUT2D eigenvalue weighted by atomic mass is 10.0. The molecular formula is C14H14O3S2. The summed E-state index contributed by atoms with van der Waals surface area (Å²) in [6, 6.07) is 7.07. The molecule has 0 saturated carbocycles. The van der Waals surface area contributed by atoms with Crippen molar-refractivity contribution in [2.45, 2.75) is 4.21 Å². The number of carbonyl (C=O) groups excluding carboxylic acids is 1. The van der Waals surface area contributed by atoms with Gasteiger partial charge in [0.05, 0.1) is 24.0 Å². The van der Waals surface area contributed by atoms with Gasteiger partial charge in [-0.3, -0.25) is 4.79 Å². The van der Waals surface area contributed by atoms with Crippen LogP contribution >= 0.6 is 23.1 Å². The van der Waals surface area contributed by atoms with Crippen molar-refractivity contribution in [3.8, 4) is 11.5 Å². The van der Waals surface area contributed by atoms with E-state index in [0.717, 1.165) is 9.77 Å². The van der Waals surface area contributed by atoms with Crippen molar-refractivity contribution in [2.24, 2.45) is 0 Å². The molecule has 1 aromatic carbocycles. The smallest absolute Gasteiger partial charge is 0.198 e. The number of thioether (sulfide) groups is 1. The fourth-order valence-corrected chi connectivity index (χ4v) is 3.30. The molecule has 19 heavy (non-hydrogen) atoms. The highest BCUT2D eigenvalue weighted by Gasteiger charge is 2.18. The highest BCUT2D eigenvalue weighted by atomic mass is 32.2. The second-order valence-electron chi connectivity index (χ2n) is 3.72. The van der Waals surface area contributed by atoms with Gasteiger partial charge in [0, 0.05) is 11.6 Å². The maximum absolute atomic E-state index is 12.5. The monoisotopic (exact) mass is 294 g/mol. The van der Waals surface area contributed by atoms with Gasteiger partial charge in [-0.15, -0.1) is 23.1 Å². The van der Waals surface area contributed by atoms with Crippen LogP contribution in [-0.2, 0) is 0 Å². The van der Waals surface area contributed by atoms with E-state index >= 15 is 0 Å². The number of rotatable bonds is 5. The average molecular weight is 294 g/mol. The molecule has 0 spiro atoms. The van der Waals surface area contributed by atoms with Crippen LogP contribution in [-0.4, -0.2) is 26.3 Å². The molecule has 0 aliphatic carbocycles. The van der Waals surface area contributed by atoms with Gasteiger partial charge in [-0.1, -0.05) is 0 Å². The standard InChI is InChI=1S/C14H14O3S2/c1-16-9-4-5-10(12(8-9)17-2)13(15)11-6-7-19-14(11)18-3/h4-8H,1-3H3. The molecule has 0 atom stereocenters. The molecule has 1 aromatic heterocycles. The molecule has 0 aliphatic rings. The largest absolute Gasteiger partial charge is 0.497 e. The topological polar surface area (TPSA) is 35.5 Å². The zero-order valence-electron chi connectivity index (χ0n) is 10.9. The Labute approximate surface area is 120 Å². The molecule has 0 aliphatic heterocycles. The molecule has 0 fully saturated rings. The molecule has 0 N–H and O–H groups in total. The highest BCUT2D eigenvalue weighted by Crippen LogP contribution is 2.32. The minimum atomic E-state index is -0.0231. The van der Waals surface area contributed by atoms with Crippen LogP contribution in [0.25, 0.3) is 0 Å². The van der Waals surface area contributed by atoms with Crippen LogP contribution in [0.4, 0.5) is 0 Å². The minimum absolute atomic E-state index is 0.0231. The van der Waals surface area contributed by atoms with Crippen molar-refractivity contribution >= 4 is 28.9 Å². The first-order valence-electron chi connectivity index (χ1n) is 5.59. The van der Waals surface area contributed by atoms with Crippen molar-refractivity contribution in [1.29, 1.82) is 0 Å². The lowest BCUT2D eigenvalue weighted by molar-refractivity contribution is 0.103. The summed E-state index contributed by atoms with van der Waals surface area (Å²) in [4.78, 5) is 12.5. The Bertz CT molecular complexity index is 590. The highest BCUT2D eigenvalue weighted by molar-refractivity contribution is 8.00. The predicted octanol–water partition coefficient (Wildman–Crippen LogP) is 3.72. The van der Waals surface area contributed by atoms with Crippen molar-refractivity contribution in [1.82, 2.24) is 0 Å². The van der Waals surface area contributed by atoms with Crippen LogP contribution in [0.1, 0.15) is 15.9 Å². The second-order valence-corrected chi connectivity index (χ2v) is 5.71. The van der Waals surface area contributed by atoms with E-state index in [2.05, 4.69) is 0 Å². The first-order chi connectivity index (χ1) is 9.21. The average Bonchev–Trinajstić information content (AvgIpc) is 2.94. The predicted molar refractivity (Wildman–Crippen MR) is 79.1 cm³/mol. The molecule has 3 nitrogen and oxygen atoms in total. The fourth-order valence-electron chi connectivity index (χ4n) is 1.75. The van der Waals surface area contributed by atoms with E-state index in [1.54, 1.807) is 55.5 Å². The molecule has 0 amide bonds. The molecule has 0 bridgehead atoms. The van der Waals surface area contributed by atoms with Gasteiger partial charge < -0.3 is 9.47 Å². The van der Waals surface area contributed by atoms with Gasteiger partial charge in [-0.25, -0.2) is 0 Å². The van der Waals surface area contributed by atoms with Gasteiger partial charge >= 0.3 is 0 Å². The Kier molecular flexibility index (Phi) is 4.50. The zero-order valence-corrected chi connectivity index (χ0v) is 12.6. The Balaban J connectivity index is 2.44. The number of hydrogen-bond acceptors (Lipinski definition) is 5. The first-order valence-corrected chi connectivity index (χ1v) is 7.70. The van der Waals surface area contributed by atoms with Crippen LogP contribution in [0.3, 0.4) is 0 Å². The lowest BCUT2D eigenvalue weighted by Gasteiger charge is -2.09. The maximum atomic E-state index is 12.5. The van der Waals surface area contributed by atoms with Gasteiger partial charge in [0.1, 0.15) is 11.5 Å². The van der Waals surface area contributed by atoms with Crippen LogP contribution in [0.15, 0.2) is 33.9 Å². The zero-order chi connectivity index (χ0) is 13.8. The summed E-state index contributed by atoms with van der Waals surface area (Å²) in [6.07, 6.45) is 1.97. The molecule has 100 valence electrons. The Morgan fingerprint density at radius 2 is 1.95 bits per heavy atom. The number of ketones is 1. The van der Waals surface area contributed by atoms with E-state index in [0.29, 0.717) is 17.1 Å². The van der Waals surface area contributed by atoms with Crippen LogP contribution < -0.4 is 9.47 Å². The number of methoxy groups -OCH3 is 2. The van der Waals surface area contributed by atoms with E-state index in [4.69, 9.17) is 9.47 Å². The van der Waals surface area contributed by atoms with Gasteiger partial charge in [-0.05, 0) is 29.8 Å².